The van der Waals surface area contributed by atoms with Gasteiger partial charge in [-0.15, -0.1) is 11.3 Å². The Morgan fingerprint density at radius 3 is 2.73 bits per heavy atom. The molecule has 0 saturated carbocycles. The van der Waals surface area contributed by atoms with E-state index in [0.29, 0.717) is 11.6 Å². The highest BCUT2D eigenvalue weighted by Gasteiger charge is 2.38. The van der Waals surface area contributed by atoms with Gasteiger partial charge in [-0.05, 0) is 65.1 Å². The smallest absolute Gasteiger partial charge is 0.255 e. The zero-order valence-corrected chi connectivity index (χ0v) is 20.2. The maximum atomic E-state index is 12.9. The number of nitrogens with one attached hydrogen (secondary N) is 1. The molecule has 1 aromatic carbocycles. The molecule has 1 aliphatic heterocycles. The molecule has 2 aromatic heterocycles. The second-order valence-electron chi connectivity index (χ2n) is 8.03. The minimum absolute atomic E-state index is 0.222. The number of carbonyl (C=O) groups excluding carboxylic acids is 2. The van der Waals surface area contributed by atoms with Gasteiger partial charge in [0, 0.05) is 27.7 Å². The molecular weight excluding hydrogens is 480 g/mol. The van der Waals surface area contributed by atoms with Gasteiger partial charge >= 0.3 is 0 Å². The van der Waals surface area contributed by atoms with Crippen LogP contribution < -0.4 is 5.32 Å². The lowest BCUT2D eigenvalue weighted by atomic mass is 10.0. The van der Waals surface area contributed by atoms with Crippen LogP contribution in [0.5, 0.6) is 0 Å². The molecule has 1 saturated heterocycles. The summed E-state index contributed by atoms with van der Waals surface area (Å²) in [5.41, 5.74) is 2.11. The third kappa shape index (κ3) is 5.83. The standard InChI is InChI=1S/C24H25ClN2O4S2/c25-17-4-1-3-16(12-17)20-5-2-9-27(20)24(31)22(29)21(28)23(30)26-13-19-7-6-18(33-19)11-15-8-10-32-14-15/h1,3-4,6-8,10,12,14,20-22,28-29H,2,5,9,11,13H2,(H,26,30)/t20-,21-,22-/m1/s1. The molecule has 1 aliphatic rings. The molecule has 3 atom stereocenters. The number of amides is 2. The molecule has 9 heteroatoms. The molecule has 4 rings (SSSR count). The van der Waals surface area contributed by atoms with E-state index in [0.717, 1.165) is 29.7 Å². The first-order valence-corrected chi connectivity index (χ1v) is 12.8. The average Bonchev–Trinajstić information content (AvgIpc) is 3.58. The van der Waals surface area contributed by atoms with Gasteiger partial charge in [0.05, 0.1) is 12.6 Å². The van der Waals surface area contributed by atoms with Crippen LogP contribution in [0.3, 0.4) is 0 Å². The zero-order chi connectivity index (χ0) is 23.4. The summed E-state index contributed by atoms with van der Waals surface area (Å²) < 4.78 is 0. The van der Waals surface area contributed by atoms with E-state index in [2.05, 4.69) is 16.8 Å². The number of aliphatic hydroxyl groups excluding tert-OH is 2. The molecule has 0 spiro atoms. The number of hydrogen-bond donors (Lipinski definition) is 3. The van der Waals surface area contributed by atoms with Crippen LogP contribution in [0.1, 0.15) is 39.8 Å². The van der Waals surface area contributed by atoms with Gasteiger partial charge in [-0.1, -0.05) is 23.7 Å². The number of halogens is 1. The van der Waals surface area contributed by atoms with Crippen molar-refractivity contribution < 1.29 is 19.8 Å². The normalized spacial score (nSPS) is 17.7. The number of likely N-dealkylation sites (tertiary alicyclic amines) is 1. The van der Waals surface area contributed by atoms with E-state index < -0.39 is 24.0 Å². The van der Waals surface area contributed by atoms with Gasteiger partial charge in [-0.25, -0.2) is 0 Å². The number of aliphatic hydroxyl groups is 2. The number of nitrogens with zero attached hydrogens (tertiary/aromatic N) is 1. The van der Waals surface area contributed by atoms with Crippen molar-refractivity contribution in [2.75, 3.05) is 6.54 Å². The van der Waals surface area contributed by atoms with E-state index in [4.69, 9.17) is 11.6 Å². The molecule has 0 radical (unpaired) electrons. The van der Waals surface area contributed by atoms with Crippen LogP contribution in [0.2, 0.25) is 5.02 Å². The number of hydrogen-bond acceptors (Lipinski definition) is 6. The molecule has 6 nitrogen and oxygen atoms in total. The van der Waals surface area contributed by atoms with Crippen molar-refractivity contribution in [2.24, 2.45) is 0 Å². The highest BCUT2D eigenvalue weighted by atomic mass is 35.5. The van der Waals surface area contributed by atoms with Crippen LogP contribution in [0.25, 0.3) is 0 Å². The predicted octanol–water partition coefficient (Wildman–Crippen LogP) is 3.76. The summed E-state index contributed by atoms with van der Waals surface area (Å²) in [7, 11) is 0. The second kappa shape index (κ2) is 10.8. The highest BCUT2D eigenvalue weighted by molar-refractivity contribution is 7.12. The van der Waals surface area contributed by atoms with Crippen molar-refractivity contribution in [1.82, 2.24) is 10.2 Å². The lowest BCUT2D eigenvalue weighted by molar-refractivity contribution is -0.153. The van der Waals surface area contributed by atoms with Gasteiger partial charge in [0.2, 0.25) is 0 Å². The van der Waals surface area contributed by atoms with Crippen LogP contribution >= 0.6 is 34.3 Å². The van der Waals surface area contributed by atoms with Crippen molar-refractivity contribution in [3.05, 3.63) is 79.1 Å². The molecule has 3 heterocycles. The van der Waals surface area contributed by atoms with Crippen molar-refractivity contribution in [1.29, 1.82) is 0 Å². The fourth-order valence-corrected chi connectivity index (χ4v) is 5.88. The van der Waals surface area contributed by atoms with Crippen LogP contribution in [-0.2, 0) is 22.6 Å². The maximum absolute atomic E-state index is 12.9. The third-order valence-electron chi connectivity index (χ3n) is 5.70. The molecule has 33 heavy (non-hydrogen) atoms. The van der Waals surface area contributed by atoms with E-state index in [9.17, 15) is 19.8 Å². The van der Waals surface area contributed by atoms with Crippen LogP contribution in [0, 0.1) is 0 Å². The monoisotopic (exact) mass is 504 g/mol. The molecule has 3 N–H and O–H groups in total. The molecule has 0 unspecified atom stereocenters. The summed E-state index contributed by atoms with van der Waals surface area (Å²) in [4.78, 5) is 29.0. The topological polar surface area (TPSA) is 89.9 Å². The van der Waals surface area contributed by atoms with E-state index in [1.54, 1.807) is 34.8 Å². The van der Waals surface area contributed by atoms with E-state index in [1.165, 1.54) is 15.3 Å². The molecular formula is C24H25ClN2O4S2. The third-order valence-corrected chi connectivity index (χ3v) is 7.76. The molecule has 0 aliphatic carbocycles. The predicted molar refractivity (Wildman–Crippen MR) is 130 cm³/mol. The first-order chi connectivity index (χ1) is 15.9. The lowest BCUT2D eigenvalue weighted by Gasteiger charge is -2.28. The van der Waals surface area contributed by atoms with E-state index >= 15 is 0 Å². The van der Waals surface area contributed by atoms with Crippen molar-refractivity contribution in [2.45, 2.75) is 44.1 Å². The first-order valence-electron chi connectivity index (χ1n) is 10.7. The molecule has 174 valence electrons. The van der Waals surface area contributed by atoms with Crippen molar-refractivity contribution in [3.8, 4) is 0 Å². The minimum Gasteiger partial charge on any atom is -0.380 e. The summed E-state index contributed by atoms with van der Waals surface area (Å²) in [5, 5.41) is 28.1. The van der Waals surface area contributed by atoms with Gasteiger partial charge in [0.1, 0.15) is 0 Å². The quantitative estimate of drug-likeness (QED) is 0.436. The van der Waals surface area contributed by atoms with Gasteiger partial charge in [-0.2, -0.15) is 11.3 Å². The van der Waals surface area contributed by atoms with Crippen LogP contribution in [0.15, 0.2) is 53.2 Å². The number of benzene rings is 1. The van der Waals surface area contributed by atoms with Crippen LogP contribution in [-0.4, -0.2) is 45.7 Å². The molecule has 1 fully saturated rings. The summed E-state index contributed by atoms with van der Waals surface area (Å²) in [6, 6.07) is 13.0. The Hall–Kier alpha value is -2.23. The molecule has 2 amide bonds. The van der Waals surface area contributed by atoms with Gasteiger partial charge in [-0.3, -0.25) is 9.59 Å². The SMILES string of the molecule is O=C(NCc1ccc(Cc2ccsc2)s1)[C@H](O)[C@@H](O)C(=O)N1CCC[C@@H]1c1cccc(Cl)c1. The Labute approximate surface area is 205 Å². The molecule has 0 bridgehead atoms. The molecule has 3 aromatic rings. The summed E-state index contributed by atoms with van der Waals surface area (Å²) in [6.45, 7) is 0.670. The average molecular weight is 505 g/mol. The number of rotatable bonds is 8. The van der Waals surface area contributed by atoms with Crippen molar-refractivity contribution in [3.63, 3.8) is 0 Å². The Bertz CT molecular complexity index is 1100. The number of carbonyl (C=O) groups is 2. The highest BCUT2D eigenvalue weighted by Crippen LogP contribution is 2.33. The van der Waals surface area contributed by atoms with Gasteiger partial charge in [0.25, 0.3) is 11.8 Å². The van der Waals surface area contributed by atoms with Crippen LogP contribution in [0.4, 0.5) is 0 Å². The fourth-order valence-electron chi connectivity index (χ4n) is 4.02. The zero-order valence-electron chi connectivity index (χ0n) is 17.8. The minimum atomic E-state index is -1.84. The van der Waals surface area contributed by atoms with Crippen molar-refractivity contribution >= 4 is 46.1 Å². The Morgan fingerprint density at radius 2 is 1.97 bits per heavy atom. The fraction of sp³-hybridized carbons (Fsp3) is 0.333. The Morgan fingerprint density at radius 1 is 1.15 bits per heavy atom. The van der Waals surface area contributed by atoms with E-state index in [1.807, 2.05) is 29.6 Å². The van der Waals surface area contributed by atoms with E-state index in [-0.39, 0.29) is 12.6 Å². The first kappa shape index (κ1) is 23.9. The Kier molecular flexibility index (Phi) is 7.82. The number of thiophene rings is 2. The van der Waals surface area contributed by atoms with Gasteiger partial charge in [0.15, 0.2) is 12.2 Å². The maximum Gasteiger partial charge on any atom is 0.255 e. The summed E-state index contributed by atoms with van der Waals surface area (Å²) in [6.07, 6.45) is -1.34. The second-order valence-corrected chi connectivity index (χ2v) is 10.5. The lowest BCUT2D eigenvalue weighted by Crippen LogP contribution is -2.50. The van der Waals surface area contributed by atoms with Gasteiger partial charge < -0.3 is 20.4 Å². The Balaban J connectivity index is 1.32. The summed E-state index contributed by atoms with van der Waals surface area (Å²) >= 11 is 9.32. The largest absolute Gasteiger partial charge is 0.380 e. The summed E-state index contributed by atoms with van der Waals surface area (Å²) in [5.74, 6) is -1.43.